The number of nitrogens with one attached hydrogen (secondary N) is 1. The monoisotopic (exact) mass is 498 g/mol. The number of amides is 1. The molecule has 1 aliphatic heterocycles. The zero-order valence-corrected chi connectivity index (χ0v) is 20.0. The number of carbonyl (C=O) groups is 1. The molecule has 2 aromatic carbocycles. The predicted molar refractivity (Wildman–Crippen MR) is 122 cm³/mol. The van der Waals surface area contributed by atoms with E-state index >= 15 is 0 Å². The first-order chi connectivity index (χ1) is 16.0. The van der Waals surface area contributed by atoms with Gasteiger partial charge in [-0.05, 0) is 42.7 Å². The zero-order valence-electron chi connectivity index (χ0n) is 19.2. The molecule has 0 spiro atoms. The van der Waals surface area contributed by atoms with E-state index in [1.165, 1.54) is 34.6 Å². The highest BCUT2D eigenvalue weighted by Gasteiger charge is 2.38. The van der Waals surface area contributed by atoms with Gasteiger partial charge in [-0.3, -0.25) is 4.79 Å². The molecule has 1 aliphatic rings. The fourth-order valence-electron chi connectivity index (χ4n) is 4.22. The number of ether oxygens (including phenoxy) is 1. The summed E-state index contributed by atoms with van der Waals surface area (Å²) in [5.41, 5.74) is -0.806. The lowest BCUT2D eigenvalue weighted by molar-refractivity contribution is -0.137. The van der Waals surface area contributed by atoms with Gasteiger partial charge in [-0.2, -0.15) is 17.5 Å². The fourth-order valence-corrected chi connectivity index (χ4v) is 5.72. The molecule has 2 aromatic rings. The number of rotatable bonds is 8. The molecule has 0 aromatic heterocycles. The van der Waals surface area contributed by atoms with Crippen molar-refractivity contribution in [2.45, 2.75) is 43.2 Å². The summed E-state index contributed by atoms with van der Waals surface area (Å²) >= 11 is 0. The highest BCUT2D eigenvalue weighted by atomic mass is 32.2. The number of halogens is 3. The van der Waals surface area contributed by atoms with Crippen LogP contribution in [0.4, 0.5) is 13.2 Å². The van der Waals surface area contributed by atoms with Gasteiger partial charge in [0.1, 0.15) is 0 Å². The van der Waals surface area contributed by atoms with Gasteiger partial charge < -0.3 is 10.1 Å². The van der Waals surface area contributed by atoms with Gasteiger partial charge >= 0.3 is 6.18 Å². The van der Waals surface area contributed by atoms with E-state index in [2.05, 4.69) is 5.32 Å². The van der Waals surface area contributed by atoms with Gasteiger partial charge in [-0.1, -0.05) is 38.1 Å². The van der Waals surface area contributed by atoms with E-state index in [1.54, 1.807) is 19.9 Å². The molecule has 6 nitrogen and oxygen atoms in total. The van der Waals surface area contributed by atoms with Crippen LogP contribution >= 0.6 is 0 Å². The minimum atomic E-state index is -4.47. The van der Waals surface area contributed by atoms with Gasteiger partial charge in [0, 0.05) is 43.8 Å². The number of carbonyl (C=O) groups excluding carboxylic acids is 1. The third kappa shape index (κ3) is 5.61. The summed E-state index contributed by atoms with van der Waals surface area (Å²) in [5, 5.41) is 2.82. The third-order valence-corrected chi connectivity index (χ3v) is 8.32. The standard InChI is InChI=1S/C24H29F3N2O4S/c1-3-29(4-2)34(31,32)21-10-5-7-18(15-21)22(30)28-17-23(11-13-33-14-12-23)19-8-6-9-20(16-19)24(25,26)27/h5-10,15-16H,3-4,11-14,17H2,1-2H3,(H,28,30). The van der Waals surface area contributed by atoms with Crippen molar-refractivity contribution in [2.75, 3.05) is 32.8 Å². The summed E-state index contributed by atoms with van der Waals surface area (Å²) < 4.78 is 72.2. The van der Waals surface area contributed by atoms with E-state index in [-0.39, 0.29) is 17.0 Å². The first kappa shape index (κ1) is 26.2. The summed E-state index contributed by atoms with van der Waals surface area (Å²) in [6.45, 7) is 4.90. The Labute approximate surface area is 198 Å². The summed E-state index contributed by atoms with van der Waals surface area (Å²) in [4.78, 5) is 13.0. The molecule has 0 bridgehead atoms. The van der Waals surface area contributed by atoms with E-state index in [0.29, 0.717) is 44.7 Å². The molecule has 0 unspecified atom stereocenters. The van der Waals surface area contributed by atoms with Crippen molar-refractivity contribution in [1.29, 1.82) is 0 Å². The van der Waals surface area contributed by atoms with Gasteiger partial charge in [-0.25, -0.2) is 8.42 Å². The van der Waals surface area contributed by atoms with Crippen molar-refractivity contribution in [3.05, 3.63) is 65.2 Å². The predicted octanol–water partition coefficient (Wildman–Crippen LogP) is 4.21. The number of sulfonamides is 1. The smallest absolute Gasteiger partial charge is 0.381 e. The van der Waals surface area contributed by atoms with Crippen LogP contribution in [-0.2, 0) is 26.4 Å². The lowest BCUT2D eigenvalue weighted by Gasteiger charge is -2.38. The molecular formula is C24H29F3N2O4S. The van der Waals surface area contributed by atoms with E-state index in [0.717, 1.165) is 12.1 Å². The molecule has 0 saturated carbocycles. The molecule has 1 saturated heterocycles. The van der Waals surface area contributed by atoms with Crippen LogP contribution in [-0.4, -0.2) is 51.5 Å². The van der Waals surface area contributed by atoms with Crippen molar-refractivity contribution in [1.82, 2.24) is 9.62 Å². The Morgan fingerprint density at radius 1 is 1.06 bits per heavy atom. The van der Waals surface area contributed by atoms with Gasteiger partial charge in [0.2, 0.25) is 10.0 Å². The normalized spacial score (nSPS) is 16.4. The summed E-state index contributed by atoms with van der Waals surface area (Å²) in [6, 6.07) is 10.9. The van der Waals surface area contributed by atoms with Crippen LogP contribution in [0, 0.1) is 0 Å². The molecule has 1 fully saturated rings. The highest BCUT2D eigenvalue weighted by molar-refractivity contribution is 7.89. The summed E-state index contributed by atoms with van der Waals surface area (Å²) in [6.07, 6.45) is -3.57. The van der Waals surface area contributed by atoms with Crippen molar-refractivity contribution >= 4 is 15.9 Å². The Kier molecular flexibility index (Phi) is 8.05. The second-order valence-electron chi connectivity index (χ2n) is 8.27. The molecular weight excluding hydrogens is 469 g/mol. The fraction of sp³-hybridized carbons (Fsp3) is 0.458. The molecule has 10 heteroatoms. The minimum absolute atomic E-state index is 0.0162. The largest absolute Gasteiger partial charge is 0.416 e. The Morgan fingerprint density at radius 3 is 2.32 bits per heavy atom. The maximum Gasteiger partial charge on any atom is 0.416 e. The Balaban J connectivity index is 1.85. The van der Waals surface area contributed by atoms with E-state index in [1.807, 2.05) is 0 Å². The first-order valence-electron chi connectivity index (χ1n) is 11.2. The maximum absolute atomic E-state index is 13.3. The Hall–Kier alpha value is -2.43. The maximum atomic E-state index is 13.3. The molecule has 1 heterocycles. The third-order valence-electron chi connectivity index (χ3n) is 6.28. The number of hydrogen-bond acceptors (Lipinski definition) is 4. The van der Waals surface area contributed by atoms with Crippen LogP contribution in [0.3, 0.4) is 0 Å². The minimum Gasteiger partial charge on any atom is -0.381 e. The van der Waals surface area contributed by atoms with Gasteiger partial charge in [0.25, 0.3) is 5.91 Å². The van der Waals surface area contributed by atoms with E-state index < -0.39 is 33.1 Å². The molecule has 34 heavy (non-hydrogen) atoms. The quantitative estimate of drug-likeness (QED) is 0.592. The summed E-state index contributed by atoms with van der Waals surface area (Å²) in [7, 11) is -3.74. The first-order valence-corrected chi connectivity index (χ1v) is 12.6. The topological polar surface area (TPSA) is 75.7 Å². The molecule has 1 amide bonds. The van der Waals surface area contributed by atoms with Crippen LogP contribution in [0.15, 0.2) is 53.4 Å². The molecule has 0 atom stereocenters. The second-order valence-corrected chi connectivity index (χ2v) is 10.2. The molecule has 1 N–H and O–H groups in total. The molecule has 3 rings (SSSR count). The van der Waals surface area contributed by atoms with Crippen LogP contribution in [0.25, 0.3) is 0 Å². The van der Waals surface area contributed by atoms with Crippen LogP contribution in [0.5, 0.6) is 0 Å². The average Bonchev–Trinajstić information content (AvgIpc) is 2.83. The van der Waals surface area contributed by atoms with Gasteiger partial charge in [0.15, 0.2) is 0 Å². The van der Waals surface area contributed by atoms with Crippen molar-refractivity contribution in [2.24, 2.45) is 0 Å². The zero-order chi connectivity index (χ0) is 25.0. The average molecular weight is 499 g/mol. The number of alkyl halides is 3. The van der Waals surface area contributed by atoms with Gasteiger partial charge in [-0.15, -0.1) is 0 Å². The molecule has 186 valence electrons. The van der Waals surface area contributed by atoms with Crippen molar-refractivity contribution < 1.29 is 31.1 Å². The number of hydrogen-bond donors (Lipinski definition) is 1. The van der Waals surface area contributed by atoms with E-state index in [4.69, 9.17) is 4.74 Å². The summed E-state index contributed by atoms with van der Waals surface area (Å²) in [5.74, 6) is -0.491. The highest BCUT2D eigenvalue weighted by Crippen LogP contribution is 2.38. The Morgan fingerprint density at radius 2 is 1.71 bits per heavy atom. The van der Waals surface area contributed by atoms with Gasteiger partial charge in [0.05, 0.1) is 10.5 Å². The Bertz CT molecular complexity index is 1110. The van der Waals surface area contributed by atoms with Crippen molar-refractivity contribution in [3.8, 4) is 0 Å². The molecule has 0 radical (unpaired) electrons. The van der Waals surface area contributed by atoms with Crippen LogP contribution in [0.2, 0.25) is 0 Å². The lowest BCUT2D eigenvalue weighted by Crippen LogP contribution is -2.44. The molecule has 0 aliphatic carbocycles. The van der Waals surface area contributed by atoms with Crippen LogP contribution < -0.4 is 5.32 Å². The van der Waals surface area contributed by atoms with Crippen molar-refractivity contribution in [3.63, 3.8) is 0 Å². The second kappa shape index (κ2) is 10.5. The van der Waals surface area contributed by atoms with E-state index in [9.17, 15) is 26.4 Å². The number of nitrogens with zero attached hydrogens (tertiary/aromatic N) is 1. The lowest BCUT2D eigenvalue weighted by atomic mass is 9.73. The van der Waals surface area contributed by atoms with Crippen LogP contribution in [0.1, 0.15) is 48.2 Å². The number of benzene rings is 2. The SMILES string of the molecule is CCN(CC)S(=O)(=O)c1cccc(C(=O)NCC2(c3cccc(C(F)(F)F)c3)CCOCC2)c1.